The Kier molecular flexibility index (Phi) is 5.86. The quantitative estimate of drug-likeness (QED) is 0.451. The molecule has 0 N–H and O–H groups in total. The molecule has 1 saturated heterocycles. The Morgan fingerprint density at radius 2 is 1.97 bits per heavy atom. The Labute approximate surface area is 196 Å². The average molecular weight is 465 g/mol. The van der Waals surface area contributed by atoms with Crippen LogP contribution in [0.3, 0.4) is 0 Å². The van der Waals surface area contributed by atoms with Gasteiger partial charge in [0, 0.05) is 43.2 Å². The van der Waals surface area contributed by atoms with Crippen molar-refractivity contribution in [3.05, 3.63) is 64.9 Å². The largest absolute Gasteiger partial charge is 0.377 e. The first-order valence-electron chi connectivity index (χ1n) is 11.0. The SMILES string of the molecule is COCc1nnc2c3ccc(Cl)cc3nc(N3CCN(C(=O)Cc4ccccc4)C(C)C3)n12. The van der Waals surface area contributed by atoms with E-state index in [9.17, 15) is 4.79 Å². The molecule has 3 heterocycles. The molecule has 1 aliphatic rings. The van der Waals surface area contributed by atoms with Gasteiger partial charge in [0.2, 0.25) is 11.9 Å². The number of benzene rings is 2. The predicted molar refractivity (Wildman–Crippen MR) is 128 cm³/mol. The second-order valence-electron chi connectivity index (χ2n) is 8.33. The summed E-state index contributed by atoms with van der Waals surface area (Å²) in [6, 6.07) is 15.5. The first kappa shape index (κ1) is 21.6. The molecule has 1 unspecified atom stereocenters. The summed E-state index contributed by atoms with van der Waals surface area (Å²) in [5, 5.41) is 10.3. The Hall–Kier alpha value is -3.23. The Morgan fingerprint density at radius 1 is 1.15 bits per heavy atom. The summed E-state index contributed by atoms with van der Waals surface area (Å²) in [5.41, 5.74) is 2.51. The molecule has 0 aliphatic carbocycles. The number of methoxy groups -OCH3 is 1. The van der Waals surface area contributed by atoms with E-state index in [1.165, 1.54) is 0 Å². The van der Waals surface area contributed by atoms with Crippen molar-refractivity contribution in [2.24, 2.45) is 0 Å². The van der Waals surface area contributed by atoms with Crippen molar-refractivity contribution < 1.29 is 9.53 Å². The van der Waals surface area contributed by atoms with Crippen molar-refractivity contribution in [3.63, 3.8) is 0 Å². The molecule has 5 rings (SSSR count). The van der Waals surface area contributed by atoms with Gasteiger partial charge in [0.05, 0.1) is 11.9 Å². The van der Waals surface area contributed by atoms with E-state index >= 15 is 0 Å². The van der Waals surface area contributed by atoms with Crippen LogP contribution < -0.4 is 4.90 Å². The summed E-state index contributed by atoms with van der Waals surface area (Å²) in [6.45, 7) is 4.32. The molecule has 2 aromatic heterocycles. The fourth-order valence-corrected chi connectivity index (χ4v) is 4.63. The summed E-state index contributed by atoms with van der Waals surface area (Å²) in [6.07, 6.45) is 0.408. The second-order valence-corrected chi connectivity index (χ2v) is 8.76. The summed E-state index contributed by atoms with van der Waals surface area (Å²) in [5.74, 6) is 1.56. The van der Waals surface area contributed by atoms with Gasteiger partial charge in [-0.3, -0.25) is 4.79 Å². The molecule has 0 spiro atoms. The Morgan fingerprint density at radius 3 is 2.73 bits per heavy atom. The number of halogens is 1. The van der Waals surface area contributed by atoms with Crippen molar-refractivity contribution in [1.29, 1.82) is 0 Å². The van der Waals surface area contributed by atoms with Gasteiger partial charge in [0.1, 0.15) is 6.61 Å². The third kappa shape index (κ3) is 4.12. The molecule has 1 aliphatic heterocycles. The smallest absolute Gasteiger partial charge is 0.227 e. The summed E-state index contributed by atoms with van der Waals surface area (Å²) in [7, 11) is 1.63. The lowest BCUT2D eigenvalue weighted by molar-refractivity contribution is -0.132. The van der Waals surface area contributed by atoms with E-state index in [2.05, 4.69) is 22.0 Å². The average Bonchev–Trinajstić information content (AvgIpc) is 3.23. The van der Waals surface area contributed by atoms with E-state index in [4.69, 9.17) is 21.3 Å². The molecule has 1 fully saturated rings. The first-order valence-corrected chi connectivity index (χ1v) is 11.3. The summed E-state index contributed by atoms with van der Waals surface area (Å²) in [4.78, 5) is 22.1. The Balaban J connectivity index is 1.46. The highest BCUT2D eigenvalue weighted by Crippen LogP contribution is 2.28. The number of rotatable bonds is 5. The van der Waals surface area contributed by atoms with Gasteiger partial charge in [-0.25, -0.2) is 9.38 Å². The van der Waals surface area contributed by atoms with Crippen LogP contribution >= 0.6 is 11.6 Å². The number of aromatic nitrogens is 4. The van der Waals surface area contributed by atoms with Crippen LogP contribution in [0, 0.1) is 0 Å². The Bertz CT molecular complexity index is 1310. The maximum absolute atomic E-state index is 13.0. The second kappa shape index (κ2) is 8.96. The van der Waals surface area contributed by atoms with Crippen LogP contribution in [0.2, 0.25) is 5.02 Å². The fraction of sp³-hybridized carbons (Fsp3) is 0.333. The van der Waals surface area contributed by atoms with Crippen molar-refractivity contribution in [1.82, 2.24) is 24.5 Å². The van der Waals surface area contributed by atoms with Crippen molar-refractivity contribution in [2.45, 2.75) is 26.0 Å². The molecule has 33 heavy (non-hydrogen) atoms. The van der Waals surface area contributed by atoms with E-state index in [-0.39, 0.29) is 11.9 Å². The highest BCUT2D eigenvalue weighted by Gasteiger charge is 2.30. The first-order chi connectivity index (χ1) is 16.0. The maximum Gasteiger partial charge on any atom is 0.227 e. The molecular weight excluding hydrogens is 440 g/mol. The highest BCUT2D eigenvalue weighted by molar-refractivity contribution is 6.31. The number of anilines is 1. The van der Waals surface area contributed by atoms with Gasteiger partial charge in [-0.1, -0.05) is 41.9 Å². The van der Waals surface area contributed by atoms with Crippen LogP contribution in [-0.2, 0) is 22.6 Å². The van der Waals surface area contributed by atoms with E-state index in [0.717, 1.165) is 22.4 Å². The molecule has 9 heteroatoms. The number of hydrogen-bond donors (Lipinski definition) is 0. The van der Waals surface area contributed by atoms with Crippen LogP contribution in [0.4, 0.5) is 5.95 Å². The summed E-state index contributed by atoms with van der Waals surface area (Å²) < 4.78 is 7.30. The monoisotopic (exact) mass is 464 g/mol. The van der Waals surface area contributed by atoms with Crippen LogP contribution in [0.15, 0.2) is 48.5 Å². The van der Waals surface area contributed by atoms with E-state index in [1.807, 2.05) is 57.8 Å². The van der Waals surface area contributed by atoms with Gasteiger partial charge in [-0.2, -0.15) is 0 Å². The molecule has 8 nitrogen and oxygen atoms in total. The molecule has 0 radical (unpaired) electrons. The third-order valence-electron chi connectivity index (χ3n) is 6.05. The van der Waals surface area contributed by atoms with Crippen molar-refractivity contribution in [2.75, 3.05) is 31.6 Å². The molecule has 1 atom stereocenters. The minimum atomic E-state index is 0.0317. The van der Waals surface area contributed by atoms with E-state index in [0.29, 0.717) is 49.2 Å². The molecule has 170 valence electrons. The van der Waals surface area contributed by atoms with E-state index < -0.39 is 0 Å². The standard InChI is InChI=1S/C24H25ClN6O2/c1-16-14-29(10-11-30(16)22(32)12-17-6-4-3-5-7-17)24-26-20-13-18(25)8-9-19(20)23-28-27-21(15-33-2)31(23)24/h3-9,13,16H,10-12,14-15H2,1-2H3. The minimum absolute atomic E-state index is 0.0317. The zero-order chi connectivity index (χ0) is 22.9. The summed E-state index contributed by atoms with van der Waals surface area (Å²) >= 11 is 6.25. The van der Waals surface area contributed by atoms with Crippen LogP contribution in [0.1, 0.15) is 18.3 Å². The zero-order valence-electron chi connectivity index (χ0n) is 18.6. The number of piperazine rings is 1. The normalized spacial score (nSPS) is 16.6. The molecule has 1 amide bonds. The molecular formula is C24H25ClN6O2. The van der Waals surface area contributed by atoms with Gasteiger partial charge < -0.3 is 14.5 Å². The van der Waals surface area contributed by atoms with Gasteiger partial charge in [-0.15, -0.1) is 10.2 Å². The van der Waals surface area contributed by atoms with Gasteiger partial charge in [-0.05, 0) is 30.7 Å². The van der Waals surface area contributed by atoms with Crippen LogP contribution in [0.5, 0.6) is 0 Å². The molecule has 0 bridgehead atoms. The molecule has 2 aromatic carbocycles. The number of ether oxygens (including phenoxy) is 1. The van der Waals surface area contributed by atoms with Gasteiger partial charge in [0.25, 0.3) is 0 Å². The lowest BCUT2D eigenvalue weighted by Crippen LogP contribution is -2.55. The van der Waals surface area contributed by atoms with Crippen LogP contribution in [0.25, 0.3) is 16.6 Å². The highest BCUT2D eigenvalue weighted by atomic mass is 35.5. The van der Waals surface area contributed by atoms with E-state index in [1.54, 1.807) is 7.11 Å². The topological polar surface area (TPSA) is 75.9 Å². The number of hydrogen-bond acceptors (Lipinski definition) is 6. The predicted octanol–water partition coefficient (Wildman–Crippen LogP) is 3.36. The number of carbonyl (C=O) groups excluding carboxylic acids is 1. The number of nitrogens with zero attached hydrogens (tertiary/aromatic N) is 6. The van der Waals surface area contributed by atoms with Gasteiger partial charge >= 0.3 is 0 Å². The number of carbonyl (C=O) groups is 1. The fourth-order valence-electron chi connectivity index (χ4n) is 4.46. The molecule has 4 aromatic rings. The lowest BCUT2D eigenvalue weighted by atomic mass is 10.1. The minimum Gasteiger partial charge on any atom is -0.377 e. The number of amides is 1. The van der Waals surface area contributed by atoms with Crippen LogP contribution in [-0.4, -0.2) is 63.2 Å². The number of fused-ring (bicyclic) bond motifs is 3. The van der Waals surface area contributed by atoms with Gasteiger partial charge in [0.15, 0.2) is 11.5 Å². The third-order valence-corrected chi connectivity index (χ3v) is 6.29. The lowest BCUT2D eigenvalue weighted by Gasteiger charge is -2.40. The zero-order valence-corrected chi connectivity index (χ0v) is 19.4. The van der Waals surface area contributed by atoms with Crippen molar-refractivity contribution in [3.8, 4) is 0 Å². The maximum atomic E-state index is 13.0. The van der Waals surface area contributed by atoms with Crippen molar-refractivity contribution >= 4 is 40.0 Å². The molecule has 0 saturated carbocycles.